The van der Waals surface area contributed by atoms with E-state index >= 15 is 0 Å². The molecule has 3 nitrogen and oxygen atoms in total. The summed E-state index contributed by atoms with van der Waals surface area (Å²) >= 11 is 0. The lowest BCUT2D eigenvalue weighted by Gasteiger charge is -1.99. The third kappa shape index (κ3) is 3.23. The van der Waals surface area contributed by atoms with Gasteiger partial charge in [-0.05, 0) is 19.9 Å². The lowest BCUT2D eigenvalue weighted by molar-refractivity contribution is -0.0799. The number of aryl methyl sites for hydroxylation is 2. The Hall–Kier alpha value is -1.59. The van der Waals surface area contributed by atoms with Crippen molar-refractivity contribution in [1.82, 2.24) is 9.78 Å². The number of rotatable bonds is 1. The molecule has 0 unspecified atom stereocenters. The van der Waals surface area contributed by atoms with Crippen LogP contribution in [0.4, 0.5) is 13.2 Å². The number of allylic oxidation sites excluding steroid dienone is 2. The second kappa shape index (κ2) is 3.88. The number of carbonyl (C=O) groups excluding carboxylic acids is 1. The average Bonchev–Trinajstić information content (AvgIpc) is 2.40. The summed E-state index contributed by atoms with van der Waals surface area (Å²) < 4.78 is 36.2. The van der Waals surface area contributed by atoms with E-state index in [0.29, 0.717) is 17.5 Å². The van der Waals surface area contributed by atoms with Gasteiger partial charge in [0.2, 0.25) is 0 Å². The molecule has 0 spiro atoms. The summed E-state index contributed by atoms with van der Waals surface area (Å²) in [6.07, 6.45) is -4.13. The maximum absolute atomic E-state index is 11.8. The molecule has 0 aliphatic heterocycles. The SMILES string of the molecule is Cc1cc(C)n(C(=O)/C=C/C(F)(F)F)n1. The summed E-state index contributed by atoms with van der Waals surface area (Å²) in [4.78, 5) is 11.2. The van der Waals surface area contributed by atoms with Crippen LogP contribution >= 0.6 is 0 Å². The Bertz CT molecular complexity index is 404. The van der Waals surface area contributed by atoms with Gasteiger partial charge in [0.05, 0.1) is 5.69 Å². The predicted molar refractivity (Wildman–Crippen MR) is 47.5 cm³/mol. The number of aromatic nitrogens is 2. The third-order valence-electron chi connectivity index (χ3n) is 1.63. The van der Waals surface area contributed by atoms with Gasteiger partial charge in [0.15, 0.2) is 0 Å². The molecule has 0 fully saturated rings. The zero-order valence-electron chi connectivity index (χ0n) is 8.17. The first kappa shape index (κ1) is 11.5. The van der Waals surface area contributed by atoms with Gasteiger partial charge in [-0.1, -0.05) is 0 Å². The van der Waals surface area contributed by atoms with Crippen LogP contribution in [0.15, 0.2) is 18.2 Å². The molecule has 0 aliphatic rings. The van der Waals surface area contributed by atoms with Crippen LogP contribution < -0.4 is 0 Å². The van der Waals surface area contributed by atoms with Gasteiger partial charge in [-0.3, -0.25) is 4.79 Å². The number of carbonyl (C=O) groups is 1. The molecule has 0 bridgehead atoms. The van der Waals surface area contributed by atoms with Gasteiger partial charge in [0.1, 0.15) is 0 Å². The van der Waals surface area contributed by atoms with Crippen LogP contribution in [-0.4, -0.2) is 21.9 Å². The summed E-state index contributed by atoms with van der Waals surface area (Å²) in [5.74, 6) is -0.807. The fraction of sp³-hybridized carbons (Fsp3) is 0.333. The van der Waals surface area contributed by atoms with Gasteiger partial charge >= 0.3 is 6.18 Å². The molecular weight excluding hydrogens is 209 g/mol. The standard InChI is InChI=1S/C9H9F3N2O/c1-6-5-7(2)14(13-6)8(15)3-4-9(10,11)12/h3-5H,1-2H3/b4-3+. The molecule has 0 atom stereocenters. The Labute approximate surface area is 84.2 Å². The molecular formula is C9H9F3N2O. The van der Waals surface area contributed by atoms with Crippen molar-refractivity contribution in [1.29, 1.82) is 0 Å². The monoisotopic (exact) mass is 218 g/mol. The minimum absolute atomic E-state index is 0.105. The van der Waals surface area contributed by atoms with Crippen molar-refractivity contribution >= 4 is 5.91 Å². The lowest BCUT2D eigenvalue weighted by atomic mass is 10.4. The molecule has 6 heteroatoms. The summed E-state index contributed by atoms with van der Waals surface area (Å²) in [6, 6.07) is 1.61. The van der Waals surface area contributed by atoms with E-state index in [1.54, 1.807) is 19.9 Å². The van der Waals surface area contributed by atoms with Gasteiger partial charge in [-0.2, -0.15) is 18.3 Å². The molecule has 15 heavy (non-hydrogen) atoms. The number of alkyl halides is 3. The minimum atomic E-state index is -4.48. The normalized spacial score (nSPS) is 12.3. The first-order valence-corrected chi connectivity index (χ1v) is 4.13. The van der Waals surface area contributed by atoms with E-state index in [1.807, 2.05) is 0 Å². The Morgan fingerprint density at radius 2 is 2.07 bits per heavy atom. The molecule has 0 N–H and O–H groups in total. The van der Waals surface area contributed by atoms with E-state index in [0.717, 1.165) is 4.68 Å². The Kier molecular flexibility index (Phi) is 2.97. The highest BCUT2D eigenvalue weighted by Gasteiger charge is 2.23. The third-order valence-corrected chi connectivity index (χ3v) is 1.63. The molecule has 0 saturated heterocycles. The van der Waals surface area contributed by atoms with Gasteiger partial charge < -0.3 is 0 Å². The molecule has 1 rings (SSSR count). The van der Waals surface area contributed by atoms with E-state index in [2.05, 4.69) is 5.10 Å². The maximum atomic E-state index is 11.8. The Morgan fingerprint density at radius 1 is 1.47 bits per heavy atom. The molecule has 0 saturated carbocycles. The average molecular weight is 218 g/mol. The quantitative estimate of drug-likeness (QED) is 0.677. The van der Waals surface area contributed by atoms with Crippen molar-refractivity contribution in [3.63, 3.8) is 0 Å². The molecule has 0 aromatic carbocycles. The molecule has 1 heterocycles. The first-order valence-electron chi connectivity index (χ1n) is 4.13. The second-order valence-corrected chi connectivity index (χ2v) is 3.05. The molecule has 1 aromatic heterocycles. The Morgan fingerprint density at radius 3 is 2.47 bits per heavy atom. The van der Waals surface area contributed by atoms with Crippen molar-refractivity contribution < 1.29 is 18.0 Å². The molecule has 1 aromatic rings. The summed E-state index contributed by atoms with van der Waals surface area (Å²) in [7, 11) is 0. The Balaban J connectivity index is 2.87. The fourth-order valence-electron chi connectivity index (χ4n) is 1.09. The second-order valence-electron chi connectivity index (χ2n) is 3.05. The van der Waals surface area contributed by atoms with Crippen LogP contribution in [-0.2, 0) is 0 Å². The van der Waals surface area contributed by atoms with E-state index in [1.165, 1.54) is 0 Å². The zero-order chi connectivity index (χ0) is 11.6. The van der Waals surface area contributed by atoms with Crippen molar-refractivity contribution in [2.45, 2.75) is 20.0 Å². The highest BCUT2D eigenvalue weighted by molar-refractivity contribution is 5.89. The summed E-state index contributed by atoms with van der Waals surface area (Å²) in [5, 5.41) is 3.76. The highest BCUT2D eigenvalue weighted by atomic mass is 19.4. The fourth-order valence-corrected chi connectivity index (χ4v) is 1.09. The van der Waals surface area contributed by atoms with Crippen LogP contribution in [0.25, 0.3) is 0 Å². The molecule has 0 radical (unpaired) electrons. The molecule has 0 aliphatic carbocycles. The van der Waals surface area contributed by atoms with Crippen molar-refractivity contribution in [2.75, 3.05) is 0 Å². The van der Waals surface area contributed by atoms with Gasteiger partial charge in [-0.15, -0.1) is 0 Å². The topological polar surface area (TPSA) is 34.9 Å². The number of hydrogen-bond donors (Lipinski definition) is 0. The van der Waals surface area contributed by atoms with E-state index in [-0.39, 0.29) is 6.08 Å². The smallest absolute Gasteiger partial charge is 0.267 e. The van der Waals surface area contributed by atoms with Gasteiger partial charge in [0.25, 0.3) is 5.91 Å². The van der Waals surface area contributed by atoms with E-state index < -0.39 is 12.1 Å². The van der Waals surface area contributed by atoms with Crippen LogP contribution in [0.5, 0.6) is 0 Å². The largest absolute Gasteiger partial charge is 0.409 e. The van der Waals surface area contributed by atoms with Gasteiger partial charge in [-0.25, -0.2) is 4.68 Å². The van der Waals surface area contributed by atoms with Gasteiger partial charge in [0, 0.05) is 17.8 Å². The van der Waals surface area contributed by atoms with Crippen molar-refractivity contribution in [2.24, 2.45) is 0 Å². The number of nitrogens with zero attached hydrogens (tertiary/aromatic N) is 2. The van der Waals surface area contributed by atoms with Crippen LogP contribution in [0, 0.1) is 13.8 Å². The predicted octanol–water partition coefficient (Wildman–Crippen LogP) is 2.26. The molecule has 0 amide bonds. The first-order chi connectivity index (χ1) is 6.79. The maximum Gasteiger partial charge on any atom is 0.409 e. The van der Waals surface area contributed by atoms with E-state index in [9.17, 15) is 18.0 Å². The number of hydrogen-bond acceptors (Lipinski definition) is 2. The highest BCUT2D eigenvalue weighted by Crippen LogP contribution is 2.16. The van der Waals surface area contributed by atoms with Crippen LogP contribution in [0.2, 0.25) is 0 Å². The molecule has 82 valence electrons. The minimum Gasteiger partial charge on any atom is -0.267 e. The summed E-state index contributed by atoms with van der Waals surface area (Å²) in [5.41, 5.74) is 1.09. The van der Waals surface area contributed by atoms with E-state index in [4.69, 9.17) is 0 Å². The van der Waals surface area contributed by atoms with Crippen molar-refractivity contribution in [3.05, 3.63) is 29.6 Å². The van der Waals surface area contributed by atoms with Crippen LogP contribution in [0.3, 0.4) is 0 Å². The van der Waals surface area contributed by atoms with Crippen molar-refractivity contribution in [3.8, 4) is 0 Å². The zero-order valence-corrected chi connectivity index (χ0v) is 8.17. The summed E-state index contributed by atoms with van der Waals surface area (Å²) in [6.45, 7) is 3.25. The lowest BCUT2D eigenvalue weighted by Crippen LogP contribution is -2.12. The number of halogens is 3. The van der Waals surface area contributed by atoms with Crippen LogP contribution in [0.1, 0.15) is 16.2 Å².